The Labute approximate surface area is 138 Å². The number of nitrogens with one attached hydrogen (secondary N) is 2. The summed E-state index contributed by atoms with van der Waals surface area (Å²) in [7, 11) is 0. The molecule has 0 spiro atoms. The summed E-state index contributed by atoms with van der Waals surface area (Å²) >= 11 is 0. The van der Waals surface area contributed by atoms with Gasteiger partial charge in [0.25, 0.3) is 0 Å². The summed E-state index contributed by atoms with van der Waals surface area (Å²) in [6, 6.07) is 16.5. The summed E-state index contributed by atoms with van der Waals surface area (Å²) in [6.07, 6.45) is 1.82. The summed E-state index contributed by atoms with van der Waals surface area (Å²) in [5.41, 5.74) is 4.89. The number of benzene rings is 2. The van der Waals surface area contributed by atoms with Crippen molar-refractivity contribution in [3.8, 4) is 0 Å². The molecule has 0 bridgehead atoms. The maximum absolute atomic E-state index is 12.2. The van der Waals surface area contributed by atoms with Gasteiger partial charge in [-0.25, -0.2) is 4.79 Å². The van der Waals surface area contributed by atoms with E-state index in [0.717, 1.165) is 18.5 Å². The molecule has 0 fully saturated rings. The van der Waals surface area contributed by atoms with Gasteiger partial charge in [0.15, 0.2) is 0 Å². The van der Waals surface area contributed by atoms with Crippen molar-refractivity contribution < 1.29 is 4.79 Å². The van der Waals surface area contributed by atoms with E-state index in [1.165, 1.54) is 16.7 Å². The van der Waals surface area contributed by atoms with Crippen molar-refractivity contribution in [3.05, 3.63) is 65.2 Å². The van der Waals surface area contributed by atoms with Crippen LogP contribution >= 0.6 is 0 Å². The minimum atomic E-state index is -0.133. The number of urea groups is 1. The Morgan fingerprint density at radius 1 is 0.957 bits per heavy atom. The van der Waals surface area contributed by atoms with E-state index in [9.17, 15) is 4.79 Å². The summed E-state index contributed by atoms with van der Waals surface area (Å²) in [5, 5.41) is 5.99. The summed E-state index contributed by atoms with van der Waals surface area (Å²) in [6.45, 7) is 6.54. The van der Waals surface area contributed by atoms with Gasteiger partial charge in [-0.05, 0) is 47.1 Å². The summed E-state index contributed by atoms with van der Waals surface area (Å²) in [5.74, 6) is 0. The van der Waals surface area contributed by atoms with E-state index in [-0.39, 0.29) is 17.5 Å². The Hall–Kier alpha value is -2.29. The van der Waals surface area contributed by atoms with Gasteiger partial charge in [0.2, 0.25) is 0 Å². The average molecular weight is 308 g/mol. The molecule has 0 saturated carbocycles. The fraction of sp³-hybridized carbons (Fsp3) is 0.350. The molecule has 0 saturated heterocycles. The van der Waals surface area contributed by atoms with Gasteiger partial charge in [-0.15, -0.1) is 0 Å². The van der Waals surface area contributed by atoms with Crippen molar-refractivity contribution in [3.63, 3.8) is 0 Å². The van der Waals surface area contributed by atoms with Crippen LogP contribution in [-0.2, 0) is 18.3 Å². The second kappa shape index (κ2) is 6.07. The van der Waals surface area contributed by atoms with Crippen LogP contribution in [0.5, 0.6) is 0 Å². The third kappa shape index (κ3) is 3.73. The van der Waals surface area contributed by atoms with Gasteiger partial charge >= 0.3 is 6.03 Å². The first kappa shape index (κ1) is 15.6. The van der Waals surface area contributed by atoms with E-state index in [1.54, 1.807) is 0 Å². The lowest BCUT2D eigenvalue weighted by Crippen LogP contribution is -2.38. The Bertz CT molecular complexity index is 673. The zero-order chi connectivity index (χ0) is 16.4. The van der Waals surface area contributed by atoms with E-state index in [4.69, 9.17) is 0 Å². The molecule has 0 aliphatic heterocycles. The van der Waals surface area contributed by atoms with E-state index < -0.39 is 0 Å². The third-order valence-electron chi connectivity index (χ3n) is 4.40. The molecule has 0 aromatic heterocycles. The molecular formula is C20H24N2O. The minimum Gasteiger partial charge on any atom is -0.334 e. The van der Waals surface area contributed by atoms with E-state index in [2.05, 4.69) is 67.8 Å². The molecule has 2 N–H and O–H groups in total. The van der Waals surface area contributed by atoms with Gasteiger partial charge in [0.1, 0.15) is 0 Å². The van der Waals surface area contributed by atoms with Crippen molar-refractivity contribution in [2.45, 2.75) is 45.1 Å². The van der Waals surface area contributed by atoms with Crippen LogP contribution in [0.25, 0.3) is 0 Å². The number of rotatable bonds is 2. The molecule has 2 aromatic rings. The highest BCUT2D eigenvalue weighted by Crippen LogP contribution is 2.24. The average Bonchev–Trinajstić information content (AvgIpc) is 2.88. The Morgan fingerprint density at radius 3 is 2.04 bits per heavy atom. The van der Waals surface area contributed by atoms with Gasteiger partial charge < -0.3 is 10.6 Å². The standard InChI is InChI=1S/C20H24N2O/c1-20(2,3)16-8-10-17(11-9-16)21-19(23)22-18-12-14-6-4-5-7-15(14)13-18/h4-11,18H,12-13H2,1-3H3,(H2,21,22,23). The number of amides is 2. The molecule has 3 heteroatoms. The summed E-state index contributed by atoms with van der Waals surface area (Å²) < 4.78 is 0. The Kier molecular flexibility index (Phi) is 4.12. The molecule has 0 heterocycles. The molecule has 23 heavy (non-hydrogen) atoms. The number of carbonyl (C=O) groups excluding carboxylic acids is 1. The summed E-state index contributed by atoms with van der Waals surface area (Å²) in [4.78, 5) is 12.2. The molecule has 1 aliphatic carbocycles. The SMILES string of the molecule is CC(C)(C)c1ccc(NC(=O)NC2Cc3ccccc3C2)cc1. The van der Waals surface area contributed by atoms with Crippen LogP contribution in [0.3, 0.4) is 0 Å². The van der Waals surface area contributed by atoms with Crippen molar-refractivity contribution in [2.75, 3.05) is 5.32 Å². The van der Waals surface area contributed by atoms with E-state index >= 15 is 0 Å². The minimum absolute atomic E-state index is 0.121. The van der Waals surface area contributed by atoms with E-state index in [0.29, 0.717) is 0 Å². The smallest absolute Gasteiger partial charge is 0.319 e. The van der Waals surface area contributed by atoms with Crippen molar-refractivity contribution >= 4 is 11.7 Å². The number of hydrogen-bond acceptors (Lipinski definition) is 1. The highest BCUT2D eigenvalue weighted by molar-refractivity contribution is 5.89. The lowest BCUT2D eigenvalue weighted by molar-refractivity contribution is 0.249. The maximum atomic E-state index is 12.2. The third-order valence-corrected chi connectivity index (χ3v) is 4.40. The molecule has 3 rings (SSSR count). The first-order chi connectivity index (χ1) is 10.9. The number of hydrogen-bond donors (Lipinski definition) is 2. The second-order valence-corrected chi connectivity index (χ2v) is 7.30. The molecule has 1 aliphatic rings. The maximum Gasteiger partial charge on any atom is 0.319 e. The Morgan fingerprint density at radius 2 is 1.52 bits per heavy atom. The highest BCUT2D eigenvalue weighted by atomic mass is 16.2. The van der Waals surface area contributed by atoms with Gasteiger partial charge in [-0.3, -0.25) is 0 Å². The largest absolute Gasteiger partial charge is 0.334 e. The normalized spacial score (nSPS) is 14.4. The topological polar surface area (TPSA) is 41.1 Å². The van der Waals surface area contributed by atoms with Crippen molar-refractivity contribution in [1.29, 1.82) is 0 Å². The first-order valence-corrected chi connectivity index (χ1v) is 8.17. The van der Waals surface area contributed by atoms with Crippen LogP contribution in [0, 0.1) is 0 Å². The van der Waals surface area contributed by atoms with E-state index in [1.807, 2.05) is 12.1 Å². The zero-order valence-corrected chi connectivity index (χ0v) is 14.0. The molecule has 0 radical (unpaired) electrons. The first-order valence-electron chi connectivity index (χ1n) is 8.17. The lowest BCUT2D eigenvalue weighted by Gasteiger charge is -2.19. The number of fused-ring (bicyclic) bond motifs is 1. The highest BCUT2D eigenvalue weighted by Gasteiger charge is 2.22. The van der Waals surface area contributed by atoms with Crippen molar-refractivity contribution in [2.24, 2.45) is 0 Å². The molecule has 0 unspecified atom stereocenters. The predicted molar refractivity (Wildman–Crippen MR) is 94.9 cm³/mol. The van der Waals surface area contributed by atoms with Gasteiger partial charge in [-0.2, -0.15) is 0 Å². The van der Waals surface area contributed by atoms with Crippen LogP contribution in [-0.4, -0.2) is 12.1 Å². The van der Waals surface area contributed by atoms with Gasteiger partial charge in [-0.1, -0.05) is 57.2 Å². The lowest BCUT2D eigenvalue weighted by atomic mass is 9.87. The van der Waals surface area contributed by atoms with Crippen LogP contribution in [0.2, 0.25) is 0 Å². The second-order valence-electron chi connectivity index (χ2n) is 7.30. The molecule has 120 valence electrons. The van der Waals surface area contributed by atoms with Gasteiger partial charge in [0.05, 0.1) is 0 Å². The quantitative estimate of drug-likeness (QED) is 0.854. The van der Waals surface area contributed by atoms with Crippen LogP contribution in [0.15, 0.2) is 48.5 Å². The van der Waals surface area contributed by atoms with Crippen molar-refractivity contribution in [1.82, 2.24) is 5.32 Å². The van der Waals surface area contributed by atoms with Crippen LogP contribution in [0.4, 0.5) is 10.5 Å². The molecular weight excluding hydrogens is 284 g/mol. The fourth-order valence-corrected chi connectivity index (χ4v) is 3.07. The fourth-order valence-electron chi connectivity index (χ4n) is 3.07. The number of anilines is 1. The van der Waals surface area contributed by atoms with Crippen LogP contribution < -0.4 is 10.6 Å². The monoisotopic (exact) mass is 308 g/mol. The molecule has 3 nitrogen and oxygen atoms in total. The predicted octanol–water partition coefficient (Wildman–Crippen LogP) is 4.27. The Balaban J connectivity index is 1.56. The zero-order valence-electron chi connectivity index (χ0n) is 14.0. The number of carbonyl (C=O) groups is 1. The molecule has 0 atom stereocenters. The molecule has 2 aromatic carbocycles. The van der Waals surface area contributed by atoms with Gasteiger partial charge in [0, 0.05) is 11.7 Å². The van der Waals surface area contributed by atoms with Crippen LogP contribution in [0.1, 0.15) is 37.5 Å². The molecule has 2 amide bonds.